The molecule has 3 saturated heterocycles. The maximum Gasteiger partial charge on any atom is 0.438 e. The van der Waals surface area contributed by atoms with Crippen LogP contribution in [-0.4, -0.2) is 84.9 Å². The highest BCUT2D eigenvalue weighted by atomic mass is 32.2. The van der Waals surface area contributed by atoms with Gasteiger partial charge in [0.2, 0.25) is 10.0 Å². The fourth-order valence-corrected chi connectivity index (χ4v) is 13.6. The van der Waals surface area contributed by atoms with Crippen LogP contribution in [0.2, 0.25) is 0 Å². The van der Waals surface area contributed by atoms with Crippen LogP contribution in [0.5, 0.6) is 0 Å². The number of hydrogen-bond acceptors (Lipinski definition) is 9. The standard InChI is InChI=1S/C28H23F6NO9S3/c29-27(30,31)26(28(32,33)34,10-46(38,39)40)44-25(37)18-21-20(19-22(45-21)23(18)47(41,42)35-19)43-24(36)16-9-15-11-5-1-3-7-13(11)17(16)14-8-4-2-6-12(14)15/h1-8,15-23,35H,9-10H2,(H,38,39,40). The van der Waals surface area contributed by atoms with E-state index >= 15 is 0 Å². The van der Waals surface area contributed by atoms with Crippen LogP contribution in [0.1, 0.15) is 40.5 Å². The molecule has 7 atom stereocenters. The molecule has 47 heavy (non-hydrogen) atoms. The molecule has 6 aliphatic rings. The van der Waals surface area contributed by atoms with Gasteiger partial charge < -0.3 is 9.47 Å². The highest BCUT2D eigenvalue weighted by Gasteiger charge is 2.78. The summed E-state index contributed by atoms with van der Waals surface area (Å²) in [5.41, 5.74) is -1.92. The molecule has 7 unspecified atom stereocenters. The van der Waals surface area contributed by atoms with E-state index < -0.39 is 101 Å². The smallest absolute Gasteiger partial charge is 0.438 e. The van der Waals surface area contributed by atoms with Crippen LogP contribution in [0.3, 0.4) is 0 Å². The molecule has 19 heteroatoms. The Kier molecular flexibility index (Phi) is 7.17. The molecular weight excluding hydrogens is 704 g/mol. The third kappa shape index (κ3) is 4.81. The van der Waals surface area contributed by atoms with Gasteiger partial charge in [-0.05, 0) is 28.7 Å². The molecule has 0 amide bonds. The lowest BCUT2D eigenvalue weighted by atomic mass is 9.59. The minimum absolute atomic E-state index is 0.183. The second kappa shape index (κ2) is 10.3. The van der Waals surface area contributed by atoms with Crippen molar-refractivity contribution in [2.45, 2.75) is 64.1 Å². The van der Waals surface area contributed by atoms with E-state index in [1.54, 1.807) is 0 Å². The zero-order chi connectivity index (χ0) is 34.1. The van der Waals surface area contributed by atoms with Crippen molar-refractivity contribution in [3.63, 3.8) is 0 Å². The van der Waals surface area contributed by atoms with E-state index in [4.69, 9.17) is 9.29 Å². The molecule has 3 fully saturated rings. The van der Waals surface area contributed by atoms with Crippen LogP contribution < -0.4 is 4.72 Å². The number of sulfonamides is 1. The average molecular weight is 728 g/mol. The Labute approximate surface area is 267 Å². The minimum Gasteiger partial charge on any atom is -0.459 e. The number of esters is 2. The van der Waals surface area contributed by atoms with Crippen molar-refractivity contribution < 1.29 is 66.8 Å². The SMILES string of the molecule is O=C(OC1C2NS(=O)(=O)C3C2SC1C3C(=O)OC(CS(=O)(=O)O)(C(F)(F)F)C(F)(F)F)C1CC2c3ccccc3C1c1ccccc12. The van der Waals surface area contributed by atoms with Crippen LogP contribution in [0.25, 0.3) is 0 Å². The molecule has 10 nitrogen and oxygen atoms in total. The van der Waals surface area contributed by atoms with E-state index in [9.17, 15) is 52.8 Å². The third-order valence-electron chi connectivity index (χ3n) is 9.74. The van der Waals surface area contributed by atoms with Crippen molar-refractivity contribution in [2.75, 3.05) is 5.75 Å². The first-order valence-corrected chi connectivity index (χ1v) is 18.2. The first kappa shape index (κ1) is 32.7. The van der Waals surface area contributed by atoms with Crippen molar-refractivity contribution in [1.82, 2.24) is 4.72 Å². The zero-order valence-corrected chi connectivity index (χ0v) is 25.9. The lowest BCUT2D eigenvalue weighted by Crippen LogP contribution is -2.64. The quantitative estimate of drug-likeness (QED) is 0.258. The summed E-state index contributed by atoms with van der Waals surface area (Å²) in [6.45, 7) is 0. The number of nitrogens with one attached hydrogen (secondary N) is 1. The highest BCUT2D eigenvalue weighted by Crippen LogP contribution is 2.59. The van der Waals surface area contributed by atoms with Gasteiger partial charge in [0.25, 0.3) is 10.1 Å². The Morgan fingerprint density at radius 1 is 0.894 bits per heavy atom. The van der Waals surface area contributed by atoms with Crippen LogP contribution in [-0.2, 0) is 39.2 Å². The van der Waals surface area contributed by atoms with E-state index in [0.29, 0.717) is 6.42 Å². The van der Waals surface area contributed by atoms with Crippen molar-refractivity contribution in [2.24, 2.45) is 11.8 Å². The molecule has 3 aliphatic carbocycles. The first-order valence-electron chi connectivity index (χ1n) is 14.1. The number of benzene rings is 2. The summed E-state index contributed by atoms with van der Waals surface area (Å²) < 4.78 is 153. The number of rotatable bonds is 6. The highest BCUT2D eigenvalue weighted by molar-refractivity contribution is 8.03. The largest absolute Gasteiger partial charge is 0.459 e. The van der Waals surface area contributed by atoms with Gasteiger partial charge in [-0.15, -0.1) is 11.8 Å². The maximum absolute atomic E-state index is 13.9. The number of carbonyl (C=O) groups excluding carboxylic acids is 2. The van der Waals surface area contributed by atoms with E-state index in [0.717, 1.165) is 34.0 Å². The molecule has 2 aromatic carbocycles. The van der Waals surface area contributed by atoms with E-state index in [-0.39, 0.29) is 5.92 Å². The van der Waals surface area contributed by atoms with Gasteiger partial charge in [-0.25, -0.2) is 13.1 Å². The molecule has 3 aliphatic heterocycles. The van der Waals surface area contributed by atoms with E-state index in [1.807, 2.05) is 48.5 Å². The van der Waals surface area contributed by atoms with Gasteiger partial charge in [-0.2, -0.15) is 34.8 Å². The monoisotopic (exact) mass is 727 g/mol. The predicted molar refractivity (Wildman–Crippen MR) is 150 cm³/mol. The summed E-state index contributed by atoms with van der Waals surface area (Å²) in [5.74, 6) is -9.87. The number of carbonyl (C=O) groups is 2. The number of thioether (sulfide) groups is 1. The Morgan fingerprint density at radius 3 is 1.94 bits per heavy atom. The number of alkyl halides is 6. The molecule has 8 rings (SSSR count). The maximum atomic E-state index is 13.9. The van der Waals surface area contributed by atoms with Gasteiger partial charge in [0.15, 0.2) is 0 Å². The van der Waals surface area contributed by atoms with E-state index in [1.165, 1.54) is 0 Å². The summed E-state index contributed by atoms with van der Waals surface area (Å²) in [6.07, 6.45) is -14.4. The lowest BCUT2D eigenvalue weighted by molar-refractivity contribution is -0.362. The van der Waals surface area contributed by atoms with Crippen molar-refractivity contribution >= 4 is 43.8 Å². The van der Waals surface area contributed by atoms with Gasteiger partial charge in [0.05, 0.1) is 23.1 Å². The van der Waals surface area contributed by atoms with Crippen LogP contribution >= 0.6 is 11.8 Å². The predicted octanol–water partition coefficient (Wildman–Crippen LogP) is 3.27. The van der Waals surface area contributed by atoms with Crippen LogP contribution in [0.15, 0.2) is 48.5 Å². The molecule has 3 heterocycles. The van der Waals surface area contributed by atoms with Crippen molar-refractivity contribution in [3.05, 3.63) is 70.8 Å². The van der Waals surface area contributed by atoms with Crippen LogP contribution in [0, 0.1) is 11.8 Å². The first-order chi connectivity index (χ1) is 21.8. The number of hydrogen-bond donors (Lipinski definition) is 2. The summed E-state index contributed by atoms with van der Waals surface area (Å²) in [6, 6.07) is 13.9. The average Bonchev–Trinajstić information content (AvgIpc) is 3.58. The van der Waals surface area contributed by atoms with E-state index in [2.05, 4.69) is 9.46 Å². The second-order valence-corrected chi connectivity index (χ2v) is 16.9. The summed E-state index contributed by atoms with van der Waals surface area (Å²) >= 11 is 0.742. The fourth-order valence-electron chi connectivity index (χ4n) is 7.93. The van der Waals surface area contributed by atoms with Gasteiger partial charge in [0, 0.05) is 17.1 Å². The Morgan fingerprint density at radius 2 is 1.43 bits per heavy atom. The fraction of sp³-hybridized carbons (Fsp3) is 0.500. The topological polar surface area (TPSA) is 153 Å². The van der Waals surface area contributed by atoms with Gasteiger partial charge in [0.1, 0.15) is 17.1 Å². The van der Waals surface area contributed by atoms with Gasteiger partial charge >= 0.3 is 29.9 Å². The Hall–Kier alpha value is -2.87. The van der Waals surface area contributed by atoms with Crippen molar-refractivity contribution in [3.8, 4) is 0 Å². The minimum atomic E-state index is -6.60. The molecule has 2 aromatic rings. The van der Waals surface area contributed by atoms with Crippen molar-refractivity contribution in [1.29, 1.82) is 0 Å². The molecule has 4 bridgehead atoms. The van der Waals surface area contributed by atoms with Crippen LogP contribution in [0.4, 0.5) is 26.3 Å². The van der Waals surface area contributed by atoms with Gasteiger partial charge in [-0.1, -0.05) is 48.5 Å². The van der Waals surface area contributed by atoms with Gasteiger partial charge in [-0.3, -0.25) is 14.1 Å². The molecule has 0 radical (unpaired) electrons. The molecule has 2 N–H and O–H groups in total. The summed E-state index contributed by atoms with van der Waals surface area (Å²) in [5, 5.41) is -4.43. The Bertz CT molecular complexity index is 1840. The lowest BCUT2D eigenvalue weighted by Gasteiger charge is -2.45. The number of ether oxygens (including phenoxy) is 2. The third-order valence-corrected chi connectivity index (χ3v) is 14.4. The number of halogens is 6. The summed E-state index contributed by atoms with van der Waals surface area (Å²) in [7, 11) is -10.6. The second-order valence-electron chi connectivity index (χ2n) is 12.2. The molecular formula is C28H23F6NO9S3. The normalized spacial score (nSPS) is 33.3. The molecule has 0 aromatic heterocycles. The summed E-state index contributed by atoms with van der Waals surface area (Å²) in [4.78, 5) is 27.2. The molecule has 254 valence electrons. The Balaban J connectivity index is 1.21. The zero-order valence-electron chi connectivity index (χ0n) is 23.4. The molecule has 0 saturated carbocycles. The molecule has 0 spiro atoms. The number of fused-ring (bicyclic) bond motifs is 2.